The number of hydrogen-bond donors (Lipinski definition) is 1. The van der Waals surface area contributed by atoms with Crippen LogP contribution in [0.15, 0.2) is 70.1 Å². The third kappa shape index (κ3) is 3.99. The van der Waals surface area contributed by atoms with Gasteiger partial charge < -0.3 is 14.0 Å². The van der Waals surface area contributed by atoms with Gasteiger partial charge in [0.1, 0.15) is 5.75 Å². The predicted molar refractivity (Wildman–Crippen MR) is 115 cm³/mol. The first-order valence-corrected chi connectivity index (χ1v) is 10.5. The number of benzene rings is 3. The molecule has 0 saturated carbocycles. The number of rotatable bonds is 5. The Morgan fingerprint density at radius 3 is 2.69 bits per heavy atom. The summed E-state index contributed by atoms with van der Waals surface area (Å²) in [4.78, 5) is 5.67. The van der Waals surface area contributed by atoms with E-state index in [4.69, 9.17) is 8.71 Å². The zero-order valence-electron chi connectivity index (χ0n) is 16.1. The highest BCUT2D eigenvalue weighted by Crippen LogP contribution is 2.30. The van der Waals surface area contributed by atoms with Crippen molar-refractivity contribution in [3.63, 3.8) is 0 Å². The molecule has 1 fully saturated rings. The topological polar surface area (TPSA) is 60.2 Å². The number of fused-ring (bicyclic) bond motifs is 1. The van der Waals surface area contributed by atoms with Gasteiger partial charge in [-0.2, -0.15) is 4.98 Å². The molecular formula is C23H21N3O2S. The second kappa shape index (κ2) is 7.89. The number of nitrogens with zero attached hydrogens (tertiary/aromatic N) is 2. The van der Waals surface area contributed by atoms with Crippen molar-refractivity contribution in [3.05, 3.63) is 72.1 Å². The highest BCUT2D eigenvalue weighted by molar-refractivity contribution is 7.95. The normalized spacial score (nSPS) is 16.4. The lowest BCUT2D eigenvalue weighted by atomic mass is 10.1. The van der Waals surface area contributed by atoms with Crippen LogP contribution >= 0.6 is 12.0 Å². The van der Waals surface area contributed by atoms with Gasteiger partial charge in [0.25, 0.3) is 0 Å². The van der Waals surface area contributed by atoms with Crippen LogP contribution in [-0.4, -0.2) is 16.7 Å². The molecule has 1 saturated heterocycles. The summed E-state index contributed by atoms with van der Waals surface area (Å²) in [6, 6.07) is 20.7. The standard InChI is InChI=1S/C23H21N3O2S/c1-15-4-10-20(11-5-15)29-28-19-9-8-16-13-18(7-6-17(16)14-19)22-25-23(27-26-22)21-3-2-12-24-21/h4-11,13-14,21,24H,2-3,12H2,1H3. The first-order chi connectivity index (χ1) is 14.2. The van der Waals surface area contributed by atoms with E-state index in [1.165, 1.54) is 17.6 Å². The molecule has 0 spiro atoms. The molecule has 0 radical (unpaired) electrons. The van der Waals surface area contributed by atoms with Crippen LogP contribution in [0.2, 0.25) is 0 Å². The van der Waals surface area contributed by atoms with E-state index in [1.54, 1.807) is 0 Å². The van der Waals surface area contributed by atoms with Crippen LogP contribution in [-0.2, 0) is 0 Å². The molecule has 1 unspecified atom stereocenters. The van der Waals surface area contributed by atoms with E-state index in [0.29, 0.717) is 11.7 Å². The molecule has 146 valence electrons. The summed E-state index contributed by atoms with van der Waals surface area (Å²) in [6.45, 7) is 3.08. The first kappa shape index (κ1) is 18.2. The summed E-state index contributed by atoms with van der Waals surface area (Å²) < 4.78 is 11.4. The molecule has 5 rings (SSSR count). The summed E-state index contributed by atoms with van der Waals surface area (Å²) >= 11 is 1.37. The molecule has 29 heavy (non-hydrogen) atoms. The number of aryl methyl sites for hydroxylation is 1. The maximum absolute atomic E-state index is 5.89. The molecule has 0 aliphatic carbocycles. The Balaban J connectivity index is 1.33. The average molecular weight is 404 g/mol. The van der Waals surface area contributed by atoms with Gasteiger partial charge in [0.2, 0.25) is 11.7 Å². The molecule has 0 amide bonds. The van der Waals surface area contributed by atoms with Gasteiger partial charge in [-0.25, -0.2) is 0 Å². The van der Waals surface area contributed by atoms with E-state index >= 15 is 0 Å². The Hall–Kier alpha value is -2.83. The maximum Gasteiger partial charge on any atom is 0.244 e. The highest BCUT2D eigenvalue weighted by atomic mass is 32.2. The minimum atomic E-state index is 0.183. The van der Waals surface area contributed by atoms with Crippen molar-refractivity contribution in [3.8, 4) is 17.1 Å². The third-order valence-electron chi connectivity index (χ3n) is 5.13. The molecule has 1 atom stereocenters. The number of aromatic nitrogens is 2. The summed E-state index contributed by atoms with van der Waals surface area (Å²) in [7, 11) is 0. The predicted octanol–water partition coefficient (Wildman–Crippen LogP) is 5.71. The average Bonchev–Trinajstić information content (AvgIpc) is 3.45. The van der Waals surface area contributed by atoms with E-state index in [2.05, 4.69) is 64.8 Å². The Morgan fingerprint density at radius 2 is 1.86 bits per heavy atom. The van der Waals surface area contributed by atoms with E-state index < -0.39 is 0 Å². The lowest BCUT2D eigenvalue weighted by Crippen LogP contribution is -2.12. The smallest absolute Gasteiger partial charge is 0.244 e. The van der Waals surface area contributed by atoms with Crippen LogP contribution in [0.5, 0.6) is 5.75 Å². The molecule has 1 N–H and O–H groups in total. The van der Waals surface area contributed by atoms with Crippen molar-refractivity contribution < 1.29 is 8.71 Å². The zero-order chi connectivity index (χ0) is 19.6. The van der Waals surface area contributed by atoms with Crippen LogP contribution in [0.1, 0.15) is 30.3 Å². The van der Waals surface area contributed by atoms with Gasteiger partial charge in [0, 0.05) is 10.5 Å². The van der Waals surface area contributed by atoms with Crippen LogP contribution < -0.4 is 9.50 Å². The third-order valence-corrected chi connectivity index (χ3v) is 5.87. The minimum Gasteiger partial charge on any atom is -0.421 e. The van der Waals surface area contributed by atoms with Crippen molar-refractivity contribution in [2.45, 2.75) is 30.7 Å². The molecule has 0 bridgehead atoms. The molecule has 1 aliphatic heterocycles. The van der Waals surface area contributed by atoms with E-state index in [-0.39, 0.29) is 6.04 Å². The summed E-state index contributed by atoms with van der Waals surface area (Å²) in [5, 5.41) is 9.78. The second-order valence-corrected chi connectivity index (χ2v) is 8.11. The van der Waals surface area contributed by atoms with Gasteiger partial charge in [-0.05, 0) is 67.4 Å². The van der Waals surface area contributed by atoms with E-state index in [0.717, 1.165) is 46.4 Å². The molecule has 4 aromatic rings. The molecular weight excluding hydrogens is 382 g/mol. The van der Waals surface area contributed by atoms with Gasteiger partial charge in [0.15, 0.2) is 0 Å². The van der Waals surface area contributed by atoms with Gasteiger partial charge in [0.05, 0.1) is 18.1 Å². The number of hydrogen-bond acceptors (Lipinski definition) is 6. The largest absolute Gasteiger partial charge is 0.421 e. The van der Waals surface area contributed by atoms with Gasteiger partial charge >= 0.3 is 0 Å². The molecule has 1 aromatic heterocycles. The Labute approximate surface area is 173 Å². The Morgan fingerprint density at radius 1 is 1.03 bits per heavy atom. The first-order valence-electron chi connectivity index (χ1n) is 9.77. The zero-order valence-corrected chi connectivity index (χ0v) is 16.9. The fourth-order valence-corrected chi connectivity index (χ4v) is 4.04. The lowest BCUT2D eigenvalue weighted by Gasteiger charge is -2.06. The number of nitrogens with one attached hydrogen (secondary N) is 1. The molecule has 6 heteroatoms. The van der Waals surface area contributed by atoms with Gasteiger partial charge in [-0.3, -0.25) is 0 Å². The van der Waals surface area contributed by atoms with Crippen LogP contribution in [0.3, 0.4) is 0 Å². The van der Waals surface area contributed by atoms with Crippen LogP contribution in [0.4, 0.5) is 0 Å². The second-order valence-electron chi connectivity index (χ2n) is 7.31. The molecule has 5 nitrogen and oxygen atoms in total. The van der Waals surface area contributed by atoms with Crippen LogP contribution in [0.25, 0.3) is 22.2 Å². The quantitative estimate of drug-likeness (QED) is 0.431. The Kier molecular flexibility index (Phi) is 4.96. The summed E-state index contributed by atoms with van der Waals surface area (Å²) in [6.07, 6.45) is 2.19. The van der Waals surface area contributed by atoms with Crippen molar-refractivity contribution in [1.29, 1.82) is 0 Å². The van der Waals surface area contributed by atoms with Crippen molar-refractivity contribution in [2.24, 2.45) is 0 Å². The monoisotopic (exact) mass is 403 g/mol. The van der Waals surface area contributed by atoms with Crippen molar-refractivity contribution in [2.75, 3.05) is 6.54 Å². The van der Waals surface area contributed by atoms with Crippen molar-refractivity contribution in [1.82, 2.24) is 15.5 Å². The maximum atomic E-state index is 5.89. The SMILES string of the molecule is Cc1ccc(SOc2ccc3cc(-c4noc(C5CCCN5)n4)ccc3c2)cc1. The molecule has 2 heterocycles. The van der Waals surface area contributed by atoms with Gasteiger partial charge in [-0.1, -0.05) is 41.1 Å². The fourth-order valence-electron chi connectivity index (χ4n) is 3.49. The minimum absolute atomic E-state index is 0.183. The van der Waals surface area contributed by atoms with Crippen LogP contribution in [0, 0.1) is 6.92 Å². The molecule has 1 aliphatic rings. The van der Waals surface area contributed by atoms with Crippen molar-refractivity contribution >= 4 is 22.8 Å². The summed E-state index contributed by atoms with van der Waals surface area (Å²) in [5.74, 6) is 2.13. The van der Waals surface area contributed by atoms with E-state index in [1.807, 2.05) is 18.2 Å². The fraction of sp³-hybridized carbons (Fsp3) is 0.217. The Bertz CT molecular complexity index is 1130. The van der Waals surface area contributed by atoms with Gasteiger partial charge in [-0.15, -0.1) is 0 Å². The summed E-state index contributed by atoms with van der Waals surface area (Å²) in [5.41, 5.74) is 2.19. The highest BCUT2D eigenvalue weighted by Gasteiger charge is 2.22. The van der Waals surface area contributed by atoms with E-state index in [9.17, 15) is 0 Å². The molecule has 3 aromatic carbocycles. The lowest BCUT2D eigenvalue weighted by molar-refractivity contribution is 0.345.